The molecule has 0 radical (unpaired) electrons. The van der Waals surface area contributed by atoms with E-state index in [1.807, 2.05) is 6.08 Å². The second-order valence-corrected chi connectivity index (χ2v) is 4.25. The van der Waals surface area contributed by atoms with E-state index in [9.17, 15) is 9.59 Å². The summed E-state index contributed by atoms with van der Waals surface area (Å²) < 4.78 is -0.513. The van der Waals surface area contributed by atoms with Crippen molar-refractivity contribution in [3.63, 3.8) is 0 Å². The third-order valence-corrected chi connectivity index (χ3v) is 3.46. The van der Waals surface area contributed by atoms with Crippen molar-refractivity contribution >= 4 is 41.2 Å². The van der Waals surface area contributed by atoms with E-state index in [1.54, 1.807) is 6.08 Å². The first-order chi connectivity index (χ1) is 5.59. The number of halogens is 2. The first kappa shape index (κ1) is 10.1. The zero-order chi connectivity index (χ0) is 9.19. The van der Waals surface area contributed by atoms with Crippen LogP contribution in [0.2, 0.25) is 0 Å². The van der Waals surface area contributed by atoms with Gasteiger partial charge in [-0.05, 0) is 51.1 Å². The smallest absolute Gasteiger partial charge is 0.216 e. The van der Waals surface area contributed by atoms with Crippen LogP contribution in [-0.4, -0.2) is 9.39 Å². The quantitative estimate of drug-likeness (QED) is 0.446. The van der Waals surface area contributed by atoms with Crippen molar-refractivity contribution in [3.05, 3.63) is 12.2 Å². The summed E-state index contributed by atoms with van der Waals surface area (Å²) in [6.45, 7) is 0. The van der Waals surface area contributed by atoms with Crippen LogP contribution in [0.25, 0.3) is 0 Å². The molecule has 4 heteroatoms. The molecule has 0 heterocycles. The maximum atomic E-state index is 11.2. The third-order valence-electron chi connectivity index (χ3n) is 2.05. The Morgan fingerprint density at radius 2 is 1.83 bits per heavy atom. The van der Waals surface area contributed by atoms with Gasteiger partial charge < -0.3 is 0 Å². The predicted molar refractivity (Wildman–Crippen MR) is 53.3 cm³/mol. The second-order valence-electron chi connectivity index (χ2n) is 2.81. The minimum absolute atomic E-state index is 0.257. The summed E-state index contributed by atoms with van der Waals surface area (Å²) in [6.07, 6.45) is 5.98. The van der Waals surface area contributed by atoms with Gasteiger partial charge in [-0.3, -0.25) is 9.59 Å². The molecule has 0 aromatic heterocycles. The summed E-state index contributed by atoms with van der Waals surface area (Å²) in [5.74, 6) is 0. The highest BCUT2D eigenvalue weighted by Gasteiger charge is 2.41. The number of carbonyl (C=O) groups excluding carboxylic acids is 2. The molecule has 0 saturated carbocycles. The highest BCUT2D eigenvalue weighted by molar-refractivity contribution is 9.19. The van der Waals surface area contributed by atoms with E-state index in [4.69, 9.17) is 0 Å². The van der Waals surface area contributed by atoms with Crippen LogP contribution < -0.4 is 0 Å². The van der Waals surface area contributed by atoms with Gasteiger partial charge in [0.1, 0.15) is 5.41 Å². The molecule has 0 N–H and O–H groups in total. The summed E-state index contributed by atoms with van der Waals surface area (Å²) in [5, 5.41) is 0. The number of hydrogen-bond acceptors (Lipinski definition) is 2. The minimum Gasteiger partial charge on any atom is -0.285 e. The molecule has 0 unspecified atom stereocenters. The molecule has 0 aromatic rings. The maximum absolute atomic E-state index is 11.2. The van der Waals surface area contributed by atoms with E-state index in [2.05, 4.69) is 31.9 Å². The van der Waals surface area contributed by atoms with Crippen molar-refractivity contribution in [2.45, 2.75) is 19.3 Å². The third kappa shape index (κ3) is 1.69. The van der Waals surface area contributed by atoms with Gasteiger partial charge in [-0.25, -0.2) is 0 Å². The molecule has 1 aliphatic rings. The lowest BCUT2D eigenvalue weighted by Gasteiger charge is -2.25. The van der Waals surface area contributed by atoms with Crippen LogP contribution in [0.3, 0.4) is 0 Å². The van der Waals surface area contributed by atoms with Crippen molar-refractivity contribution in [3.8, 4) is 0 Å². The van der Waals surface area contributed by atoms with Gasteiger partial charge in [0.2, 0.25) is 9.39 Å². The van der Waals surface area contributed by atoms with Crippen molar-refractivity contribution < 1.29 is 9.59 Å². The lowest BCUT2D eigenvalue weighted by molar-refractivity contribution is -0.127. The van der Waals surface area contributed by atoms with Gasteiger partial charge in [0.25, 0.3) is 0 Å². The fourth-order valence-electron chi connectivity index (χ4n) is 1.27. The molecule has 2 nitrogen and oxygen atoms in total. The summed E-state index contributed by atoms with van der Waals surface area (Å²) in [7, 11) is 0. The Morgan fingerprint density at radius 3 is 2.08 bits per heavy atom. The van der Waals surface area contributed by atoms with Crippen LogP contribution in [0.5, 0.6) is 0 Å². The molecular weight excluding hydrogens is 288 g/mol. The van der Waals surface area contributed by atoms with E-state index < -0.39 is 5.41 Å². The second kappa shape index (κ2) is 3.83. The Kier molecular flexibility index (Phi) is 3.23. The van der Waals surface area contributed by atoms with Crippen LogP contribution in [0.1, 0.15) is 19.3 Å². The van der Waals surface area contributed by atoms with Gasteiger partial charge in [0.05, 0.1) is 0 Å². The summed E-state index contributed by atoms with van der Waals surface area (Å²) in [6, 6.07) is 0. The maximum Gasteiger partial charge on any atom is 0.216 e. The molecule has 0 spiro atoms. The van der Waals surface area contributed by atoms with Crippen LogP contribution in [0.15, 0.2) is 12.2 Å². The predicted octanol–water partition coefficient (Wildman–Crippen LogP) is 2.56. The minimum atomic E-state index is -0.946. The Morgan fingerprint density at radius 1 is 1.25 bits per heavy atom. The lowest BCUT2D eigenvalue weighted by Crippen LogP contribution is -2.32. The fourth-order valence-corrected chi connectivity index (χ4v) is 2.56. The van der Waals surface area contributed by atoms with Crippen LogP contribution >= 0.6 is 31.9 Å². The molecule has 0 fully saturated rings. The number of hydrogen-bond donors (Lipinski definition) is 0. The lowest BCUT2D eigenvalue weighted by atomic mass is 9.82. The van der Waals surface area contributed by atoms with E-state index in [1.165, 1.54) is 0 Å². The topological polar surface area (TPSA) is 34.1 Å². The van der Waals surface area contributed by atoms with Crippen LogP contribution in [-0.2, 0) is 9.59 Å². The molecule has 1 rings (SSSR count). The molecule has 0 saturated heterocycles. The SMILES string of the molecule is O=C(Br)C1(C(=O)Br)C=CCCC1. The molecule has 0 bridgehead atoms. The molecule has 0 atom stereocenters. The molecular formula is C8H8Br2O2. The van der Waals surface area contributed by atoms with Crippen molar-refractivity contribution in [2.24, 2.45) is 5.41 Å². The van der Waals surface area contributed by atoms with E-state index in [0.29, 0.717) is 6.42 Å². The zero-order valence-electron chi connectivity index (χ0n) is 6.35. The molecule has 0 amide bonds. The van der Waals surface area contributed by atoms with Crippen LogP contribution in [0.4, 0.5) is 0 Å². The monoisotopic (exact) mass is 294 g/mol. The van der Waals surface area contributed by atoms with Crippen molar-refractivity contribution in [2.75, 3.05) is 0 Å². The Hall–Kier alpha value is 0.0400. The van der Waals surface area contributed by atoms with E-state index in [-0.39, 0.29) is 9.39 Å². The standard InChI is InChI=1S/C8H8Br2O2/c9-6(11)8(7(10)12)4-2-1-3-5-8/h2,4H,1,3,5H2. The largest absolute Gasteiger partial charge is 0.285 e. The van der Waals surface area contributed by atoms with Gasteiger partial charge in [-0.15, -0.1) is 0 Å². The normalized spacial score (nSPS) is 20.5. The number of carbonyl (C=O) groups is 2. The summed E-state index contributed by atoms with van der Waals surface area (Å²) >= 11 is 5.71. The number of allylic oxidation sites excluding steroid dienone is 2. The van der Waals surface area contributed by atoms with E-state index >= 15 is 0 Å². The Labute approximate surface area is 87.7 Å². The summed E-state index contributed by atoms with van der Waals surface area (Å²) in [5.41, 5.74) is -0.946. The van der Waals surface area contributed by atoms with Gasteiger partial charge in [-0.1, -0.05) is 12.2 Å². The number of rotatable bonds is 2. The van der Waals surface area contributed by atoms with Crippen molar-refractivity contribution in [1.29, 1.82) is 0 Å². The zero-order valence-corrected chi connectivity index (χ0v) is 9.52. The molecule has 0 aromatic carbocycles. The first-order valence-electron chi connectivity index (χ1n) is 3.67. The van der Waals surface area contributed by atoms with Crippen molar-refractivity contribution in [1.82, 2.24) is 0 Å². The average Bonchev–Trinajstić information content (AvgIpc) is 2.05. The molecule has 12 heavy (non-hydrogen) atoms. The molecule has 1 aliphatic carbocycles. The highest BCUT2D eigenvalue weighted by atomic mass is 79.9. The van der Waals surface area contributed by atoms with Gasteiger partial charge in [0, 0.05) is 0 Å². The Bertz CT molecular complexity index is 231. The molecule has 66 valence electrons. The Balaban J connectivity index is 3.01. The highest BCUT2D eigenvalue weighted by Crippen LogP contribution is 2.36. The van der Waals surface area contributed by atoms with Crippen LogP contribution in [0, 0.1) is 5.41 Å². The first-order valence-corrected chi connectivity index (χ1v) is 5.26. The van der Waals surface area contributed by atoms with E-state index in [0.717, 1.165) is 12.8 Å². The van der Waals surface area contributed by atoms with Gasteiger partial charge in [0.15, 0.2) is 0 Å². The molecule has 0 aliphatic heterocycles. The average molecular weight is 296 g/mol. The van der Waals surface area contributed by atoms with Gasteiger partial charge >= 0.3 is 0 Å². The fraction of sp³-hybridized carbons (Fsp3) is 0.500. The van der Waals surface area contributed by atoms with Gasteiger partial charge in [-0.2, -0.15) is 0 Å². The summed E-state index contributed by atoms with van der Waals surface area (Å²) in [4.78, 5) is 22.4.